The third-order valence-corrected chi connectivity index (χ3v) is 3.26. The van der Waals surface area contributed by atoms with Crippen molar-refractivity contribution in [1.29, 1.82) is 0 Å². The fraction of sp³-hybridized carbons (Fsp3) is 0.786. The van der Waals surface area contributed by atoms with Crippen LogP contribution in [0.4, 0.5) is 4.79 Å². The molecule has 1 rings (SSSR count). The highest BCUT2D eigenvalue weighted by Gasteiger charge is 2.33. The number of rotatable bonds is 5. The lowest BCUT2D eigenvalue weighted by Crippen LogP contribution is -2.49. The van der Waals surface area contributed by atoms with Crippen LogP contribution in [0.5, 0.6) is 0 Å². The molecular weight excluding hydrogens is 290 g/mol. The van der Waals surface area contributed by atoms with Crippen LogP contribution in [-0.2, 0) is 19.2 Å². The average Bonchev–Trinajstić information content (AvgIpc) is 2.79. The highest BCUT2D eigenvalue weighted by Crippen LogP contribution is 2.18. The van der Waals surface area contributed by atoms with Crippen molar-refractivity contribution in [3.8, 4) is 0 Å². The number of alkyl carbamates (subject to hydrolysis) is 1. The number of hydroxylamine groups is 2. The van der Waals surface area contributed by atoms with E-state index < -0.39 is 23.6 Å². The van der Waals surface area contributed by atoms with E-state index in [-0.39, 0.29) is 18.2 Å². The lowest BCUT2D eigenvalue weighted by atomic mass is 9.98. The largest absolute Gasteiger partial charge is 0.444 e. The highest BCUT2D eigenvalue weighted by molar-refractivity contribution is 5.87. The summed E-state index contributed by atoms with van der Waals surface area (Å²) < 4.78 is 5.16. The molecule has 0 aromatic heterocycles. The molecule has 8 heteroatoms. The Bertz CT molecular complexity index is 433. The zero-order chi connectivity index (χ0) is 16.9. The molecule has 0 aliphatic carbocycles. The number of amides is 3. The summed E-state index contributed by atoms with van der Waals surface area (Å²) in [5, 5.41) is 6.26. The van der Waals surface area contributed by atoms with E-state index in [0.717, 1.165) is 5.06 Å². The maximum atomic E-state index is 12.3. The Morgan fingerprint density at radius 2 is 2.09 bits per heavy atom. The standard InChI is InChI=1S/C14H25N3O5/c1-14(2,3)22-13(20)16-10(12(19)17(4)21-5)8-9-6-7-15-11(9)18/h9-10H,6-8H2,1-5H3,(H,15,18)(H,16,20)/t9-,10?/m0/s1. The minimum atomic E-state index is -0.881. The third-order valence-electron chi connectivity index (χ3n) is 3.26. The number of carbonyl (C=O) groups is 3. The quantitative estimate of drug-likeness (QED) is 0.717. The van der Waals surface area contributed by atoms with E-state index in [9.17, 15) is 14.4 Å². The summed E-state index contributed by atoms with van der Waals surface area (Å²) >= 11 is 0. The Kier molecular flexibility index (Phi) is 6.16. The number of nitrogens with zero attached hydrogens (tertiary/aromatic N) is 1. The van der Waals surface area contributed by atoms with Gasteiger partial charge in [0.1, 0.15) is 11.6 Å². The van der Waals surface area contributed by atoms with Crippen molar-refractivity contribution < 1.29 is 24.0 Å². The Morgan fingerprint density at radius 1 is 1.45 bits per heavy atom. The Labute approximate surface area is 130 Å². The van der Waals surface area contributed by atoms with Crippen LogP contribution >= 0.6 is 0 Å². The SMILES string of the molecule is CON(C)C(=O)C(C[C@@H]1CCNC1=O)NC(=O)OC(C)(C)C. The van der Waals surface area contributed by atoms with Gasteiger partial charge in [0, 0.05) is 19.5 Å². The van der Waals surface area contributed by atoms with Crippen LogP contribution in [0, 0.1) is 5.92 Å². The van der Waals surface area contributed by atoms with Crippen LogP contribution in [0.2, 0.25) is 0 Å². The van der Waals surface area contributed by atoms with Crippen molar-refractivity contribution in [2.45, 2.75) is 45.3 Å². The Balaban J connectivity index is 2.75. The van der Waals surface area contributed by atoms with Gasteiger partial charge in [-0.3, -0.25) is 14.4 Å². The van der Waals surface area contributed by atoms with Crippen molar-refractivity contribution in [3.05, 3.63) is 0 Å². The molecule has 0 radical (unpaired) electrons. The second-order valence-corrected chi connectivity index (χ2v) is 6.23. The molecule has 1 aliphatic rings. The van der Waals surface area contributed by atoms with Crippen LogP contribution in [0.15, 0.2) is 0 Å². The van der Waals surface area contributed by atoms with E-state index in [1.807, 2.05) is 0 Å². The monoisotopic (exact) mass is 315 g/mol. The summed E-state index contributed by atoms with van der Waals surface area (Å²) in [5.74, 6) is -0.855. The first-order valence-electron chi connectivity index (χ1n) is 7.23. The molecule has 126 valence electrons. The lowest BCUT2D eigenvalue weighted by molar-refractivity contribution is -0.171. The van der Waals surface area contributed by atoms with Crippen LogP contribution in [0.3, 0.4) is 0 Å². The zero-order valence-corrected chi connectivity index (χ0v) is 13.8. The van der Waals surface area contributed by atoms with E-state index in [2.05, 4.69) is 10.6 Å². The first-order chi connectivity index (χ1) is 10.1. The maximum absolute atomic E-state index is 12.3. The van der Waals surface area contributed by atoms with Crippen molar-refractivity contribution in [3.63, 3.8) is 0 Å². The molecule has 3 amide bonds. The lowest BCUT2D eigenvalue weighted by Gasteiger charge is -2.26. The molecule has 0 aromatic rings. The fourth-order valence-electron chi connectivity index (χ4n) is 2.14. The van der Waals surface area contributed by atoms with Gasteiger partial charge in [-0.2, -0.15) is 0 Å². The molecule has 0 saturated carbocycles. The molecule has 0 aromatic carbocycles. The third kappa shape index (κ3) is 5.51. The second-order valence-electron chi connectivity index (χ2n) is 6.23. The normalized spacial score (nSPS) is 19.3. The van der Waals surface area contributed by atoms with Crippen molar-refractivity contribution in [2.75, 3.05) is 20.7 Å². The molecule has 0 spiro atoms. The van der Waals surface area contributed by atoms with Gasteiger partial charge in [0.05, 0.1) is 7.11 Å². The molecule has 1 saturated heterocycles. The number of hydrogen-bond donors (Lipinski definition) is 2. The first-order valence-corrected chi connectivity index (χ1v) is 7.23. The number of nitrogens with one attached hydrogen (secondary N) is 2. The average molecular weight is 315 g/mol. The van der Waals surface area contributed by atoms with Crippen molar-refractivity contribution in [1.82, 2.24) is 15.7 Å². The van der Waals surface area contributed by atoms with Gasteiger partial charge in [-0.25, -0.2) is 9.86 Å². The molecular formula is C14H25N3O5. The topological polar surface area (TPSA) is 97.0 Å². The molecule has 8 nitrogen and oxygen atoms in total. The van der Waals surface area contributed by atoms with E-state index in [1.54, 1.807) is 20.8 Å². The maximum Gasteiger partial charge on any atom is 0.408 e. The molecule has 1 aliphatic heterocycles. The fourth-order valence-corrected chi connectivity index (χ4v) is 2.14. The molecule has 1 unspecified atom stereocenters. The summed E-state index contributed by atoms with van der Waals surface area (Å²) in [4.78, 5) is 40.7. The van der Waals surface area contributed by atoms with E-state index in [0.29, 0.717) is 13.0 Å². The summed E-state index contributed by atoms with van der Waals surface area (Å²) in [7, 11) is 2.80. The van der Waals surface area contributed by atoms with Gasteiger partial charge >= 0.3 is 6.09 Å². The molecule has 22 heavy (non-hydrogen) atoms. The summed E-state index contributed by atoms with van der Waals surface area (Å²) in [5.41, 5.74) is -0.671. The van der Waals surface area contributed by atoms with Gasteiger partial charge in [-0.1, -0.05) is 0 Å². The first kappa shape index (κ1) is 18.2. The number of likely N-dealkylation sites (N-methyl/N-ethyl adjacent to an activating group) is 1. The van der Waals surface area contributed by atoms with Gasteiger partial charge in [0.2, 0.25) is 5.91 Å². The van der Waals surface area contributed by atoms with Crippen LogP contribution in [0.1, 0.15) is 33.6 Å². The molecule has 2 N–H and O–H groups in total. The van der Waals surface area contributed by atoms with Crippen LogP contribution in [-0.4, -0.2) is 55.3 Å². The van der Waals surface area contributed by atoms with Gasteiger partial charge in [0.25, 0.3) is 5.91 Å². The second kappa shape index (κ2) is 7.44. The van der Waals surface area contributed by atoms with Gasteiger partial charge < -0.3 is 15.4 Å². The zero-order valence-electron chi connectivity index (χ0n) is 13.8. The highest BCUT2D eigenvalue weighted by atomic mass is 16.7. The minimum absolute atomic E-state index is 0.108. The van der Waals surface area contributed by atoms with Gasteiger partial charge in [0.15, 0.2) is 0 Å². The minimum Gasteiger partial charge on any atom is -0.444 e. The number of ether oxygens (including phenoxy) is 1. The number of carbonyl (C=O) groups excluding carboxylic acids is 3. The smallest absolute Gasteiger partial charge is 0.408 e. The van der Waals surface area contributed by atoms with Crippen molar-refractivity contribution in [2.24, 2.45) is 5.92 Å². The van der Waals surface area contributed by atoms with Crippen LogP contribution < -0.4 is 10.6 Å². The summed E-state index contributed by atoms with van der Waals surface area (Å²) in [6, 6.07) is -0.881. The Hall–Kier alpha value is -1.83. The predicted octanol–water partition coefficient (Wildman–Crippen LogP) is 0.426. The van der Waals surface area contributed by atoms with E-state index >= 15 is 0 Å². The summed E-state index contributed by atoms with van der Waals surface area (Å²) in [6.45, 7) is 5.77. The molecule has 0 bridgehead atoms. The predicted molar refractivity (Wildman–Crippen MR) is 78.7 cm³/mol. The summed E-state index contributed by atoms with van der Waals surface area (Å²) in [6.07, 6.45) is 0.140. The van der Waals surface area contributed by atoms with Crippen molar-refractivity contribution >= 4 is 17.9 Å². The van der Waals surface area contributed by atoms with E-state index in [1.165, 1.54) is 14.2 Å². The van der Waals surface area contributed by atoms with Gasteiger partial charge in [-0.05, 0) is 33.6 Å². The van der Waals surface area contributed by atoms with E-state index in [4.69, 9.17) is 9.57 Å². The molecule has 1 heterocycles. The molecule has 1 fully saturated rings. The molecule has 2 atom stereocenters. The Morgan fingerprint density at radius 3 is 2.55 bits per heavy atom. The number of hydrogen-bond acceptors (Lipinski definition) is 5. The van der Waals surface area contributed by atoms with Crippen LogP contribution in [0.25, 0.3) is 0 Å². The van der Waals surface area contributed by atoms with Gasteiger partial charge in [-0.15, -0.1) is 0 Å².